The van der Waals surface area contributed by atoms with Crippen molar-refractivity contribution in [2.75, 3.05) is 32.7 Å². The molecule has 2 aliphatic heterocycles. The van der Waals surface area contributed by atoms with Crippen LogP contribution in [0.1, 0.15) is 20.3 Å². The fourth-order valence-electron chi connectivity index (χ4n) is 3.42. The Morgan fingerprint density at radius 1 is 1.04 bits per heavy atom. The number of hydrogen-bond donors (Lipinski definition) is 0. The van der Waals surface area contributed by atoms with Crippen LogP contribution in [0.25, 0.3) is 0 Å². The van der Waals surface area contributed by atoms with E-state index < -0.39 is 6.09 Å². The molecule has 2 fully saturated rings. The van der Waals surface area contributed by atoms with Crippen LogP contribution in [0.5, 0.6) is 5.75 Å². The van der Waals surface area contributed by atoms with Gasteiger partial charge in [0.25, 0.3) is 0 Å². The van der Waals surface area contributed by atoms with Crippen molar-refractivity contribution in [1.29, 1.82) is 0 Å². The third-order valence-corrected chi connectivity index (χ3v) is 4.93. The van der Waals surface area contributed by atoms with Gasteiger partial charge in [-0.05, 0) is 26.0 Å². The molecule has 2 heterocycles. The summed E-state index contributed by atoms with van der Waals surface area (Å²) in [5.74, 6) is 0.294. The Morgan fingerprint density at radius 2 is 1.65 bits per heavy atom. The van der Waals surface area contributed by atoms with Crippen LogP contribution in [0.3, 0.4) is 0 Å². The minimum absolute atomic E-state index is 0.0116. The molecule has 1 aromatic rings. The number of carbonyl (C=O) groups excluding carboxylic acids is 3. The van der Waals surface area contributed by atoms with Gasteiger partial charge in [0, 0.05) is 45.2 Å². The van der Waals surface area contributed by atoms with Gasteiger partial charge in [-0.3, -0.25) is 9.59 Å². The highest BCUT2D eigenvalue weighted by Gasteiger charge is 2.38. The molecule has 26 heavy (non-hydrogen) atoms. The average molecular weight is 359 g/mol. The maximum atomic E-state index is 12.7. The summed E-state index contributed by atoms with van der Waals surface area (Å²) in [5, 5.41) is 0. The molecule has 1 unspecified atom stereocenters. The van der Waals surface area contributed by atoms with E-state index in [1.807, 2.05) is 32.0 Å². The quantitative estimate of drug-likeness (QED) is 0.822. The van der Waals surface area contributed by atoms with Gasteiger partial charge >= 0.3 is 6.09 Å². The molecule has 3 rings (SSSR count). The molecule has 0 aromatic heterocycles. The predicted molar refractivity (Wildman–Crippen MR) is 95.6 cm³/mol. The van der Waals surface area contributed by atoms with Crippen molar-refractivity contribution in [2.45, 2.75) is 26.3 Å². The van der Waals surface area contributed by atoms with Crippen molar-refractivity contribution in [2.24, 2.45) is 5.92 Å². The highest BCUT2D eigenvalue weighted by molar-refractivity contribution is 5.89. The Hall–Kier alpha value is -2.57. The maximum Gasteiger partial charge on any atom is 0.415 e. The molecule has 7 nitrogen and oxygen atoms in total. The topological polar surface area (TPSA) is 70.2 Å². The number of para-hydroxylation sites is 1. The van der Waals surface area contributed by atoms with E-state index in [0.717, 1.165) is 0 Å². The summed E-state index contributed by atoms with van der Waals surface area (Å²) in [7, 11) is 0. The zero-order valence-corrected chi connectivity index (χ0v) is 15.3. The minimum atomic E-state index is -0.398. The van der Waals surface area contributed by atoms with Crippen LogP contribution in [0, 0.1) is 5.92 Å². The molecular formula is C19H25N3O4. The number of ether oxygens (including phenoxy) is 1. The molecular weight excluding hydrogens is 334 g/mol. The van der Waals surface area contributed by atoms with Gasteiger partial charge in [-0.25, -0.2) is 4.79 Å². The summed E-state index contributed by atoms with van der Waals surface area (Å²) in [4.78, 5) is 42.0. The number of likely N-dealkylation sites (tertiary alicyclic amines) is 1. The molecule has 0 radical (unpaired) electrons. The first kappa shape index (κ1) is 18.2. The first-order valence-corrected chi connectivity index (χ1v) is 9.05. The lowest BCUT2D eigenvalue weighted by atomic mass is 10.1. The molecule has 2 aliphatic rings. The molecule has 0 aliphatic carbocycles. The lowest BCUT2D eigenvalue weighted by molar-refractivity contribution is -0.137. The number of rotatable bonds is 3. The third-order valence-electron chi connectivity index (χ3n) is 4.93. The van der Waals surface area contributed by atoms with Gasteiger partial charge in [0.2, 0.25) is 11.8 Å². The standard InChI is InChI=1S/C19H25N3O4/c1-14(2)22-13-15(12-17(22)23)18(24)20-8-10-21(11-9-20)19(25)26-16-6-4-3-5-7-16/h3-7,14-15H,8-13H2,1-2H3. The summed E-state index contributed by atoms with van der Waals surface area (Å²) in [5.41, 5.74) is 0. The molecule has 2 saturated heterocycles. The number of piperazine rings is 1. The SMILES string of the molecule is CC(C)N1CC(C(=O)N2CCN(C(=O)Oc3ccccc3)CC2)CC1=O. The molecule has 1 atom stereocenters. The molecule has 7 heteroatoms. The molecule has 3 amide bonds. The van der Waals surface area contributed by atoms with E-state index in [1.165, 1.54) is 0 Å². The third kappa shape index (κ3) is 3.98. The fourth-order valence-corrected chi connectivity index (χ4v) is 3.42. The van der Waals surface area contributed by atoms with Gasteiger partial charge < -0.3 is 19.4 Å². The number of amides is 3. The zero-order valence-electron chi connectivity index (χ0n) is 15.3. The average Bonchev–Trinajstić information content (AvgIpc) is 3.04. The second-order valence-corrected chi connectivity index (χ2v) is 7.03. The van der Waals surface area contributed by atoms with Crippen molar-refractivity contribution in [3.05, 3.63) is 30.3 Å². The largest absolute Gasteiger partial charge is 0.415 e. The molecule has 1 aromatic carbocycles. The Bertz CT molecular complexity index is 669. The Kier molecular flexibility index (Phi) is 5.44. The minimum Gasteiger partial charge on any atom is -0.410 e. The highest BCUT2D eigenvalue weighted by Crippen LogP contribution is 2.23. The Labute approximate surface area is 153 Å². The lowest BCUT2D eigenvalue weighted by Crippen LogP contribution is -2.52. The summed E-state index contributed by atoms with van der Waals surface area (Å²) in [6.07, 6.45) is -0.113. The molecule has 0 spiro atoms. The summed E-state index contributed by atoms with van der Waals surface area (Å²) < 4.78 is 5.34. The summed E-state index contributed by atoms with van der Waals surface area (Å²) >= 11 is 0. The van der Waals surface area contributed by atoms with E-state index >= 15 is 0 Å². The van der Waals surface area contributed by atoms with Gasteiger partial charge in [0.05, 0.1) is 5.92 Å². The van der Waals surface area contributed by atoms with Crippen LogP contribution < -0.4 is 4.74 Å². The second kappa shape index (κ2) is 7.76. The monoisotopic (exact) mass is 359 g/mol. The lowest BCUT2D eigenvalue weighted by Gasteiger charge is -2.35. The van der Waals surface area contributed by atoms with E-state index in [1.54, 1.807) is 26.8 Å². The van der Waals surface area contributed by atoms with Crippen molar-refractivity contribution in [3.8, 4) is 5.75 Å². The molecule has 140 valence electrons. The fraction of sp³-hybridized carbons (Fsp3) is 0.526. The predicted octanol–water partition coefficient (Wildman–Crippen LogP) is 1.59. The number of hydrogen-bond acceptors (Lipinski definition) is 4. The first-order valence-electron chi connectivity index (χ1n) is 9.05. The van der Waals surface area contributed by atoms with E-state index in [4.69, 9.17) is 4.74 Å². The van der Waals surface area contributed by atoms with Crippen LogP contribution in [-0.2, 0) is 9.59 Å². The van der Waals surface area contributed by atoms with Crippen LogP contribution in [-0.4, -0.2) is 71.4 Å². The van der Waals surface area contributed by atoms with Crippen molar-refractivity contribution in [1.82, 2.24) is 14.7 Å². The molecule has 0 N–H and O–H groups in total. The van der Waals surface area contributed by atoms with E-state index in [-0.39, 0.29) is 30.2 Å². The normalized spacial score (nSPS) is 20.7. The van der Waals surface area contributed by atoms with Gasteiger partial charge in [0.1, 0.15) is 5.75 Å². The van der Waals surface area contributed by atoms with Crippen molar-refractivity contribution in [3.63, 3.8) is 0 Å². The first-order chi connectivity index (χ1) is 12.5. The van der Waals surface area contributed by atoms with E-state index in [2.05, 4.69) is 0 Å². The van der Waals surface area contributed by atoms with Crippen LogP contribution in [0.15, 0.2) is 30.3 Å². The van der Waals surface area contributed by atoms with Crippen LogP contribution in [0.4, 0.5) is 4.79 Å². The van der Waals surface area contributed by atoms with Gasteiger partial charge in [-0.2, -0.15) is 0 Å². The number of benzene rings is 1. The van der Waals surface area contributed by atoms with Gasteiger partial charge in [0.15, 0.2) is 0 Å². The van der Waals surface area contributed by atoms with E-state index in [9.17, 15) is 14.4 Å². The summed E-state index contributed by atoms with van der Waals surface area (Å²) in [6, 6.07) is 9.05. The zero-order chi connectivity index (χ0) is 18.7. The Morgan fingerprint density at radius 3 is 2.23 bits per heavy atom. The van der Waals surface area contributed by atoms with Crippen LogP contribution in [0.2, 0.25) is 0 Å². The van der Waals surface area contributed by atoms with Crippen LogP contribution >= 0.6 is 0 Å². The second-order valence-electron chi connectivity index (χ2n) is 7.03. The molecule has 0 saturated carbocycles. The smallest absolute Gasteiger partial charge is 0.410 e. The van der Waals surface area contributed by atoms with Crippen molar-refractivity contribution >= 4 is 17.9 Å². The van der Waals surface area contributed by atoms with Gasteiger partial charge in [-0.15, -0.1) is 0 Å². The Balaban J connectivity index is 1.50. The number of nitrogens with zero attached hydrogens (tertiary/aromatic N) is 3. The van der Waals surface area contributed by atoms with Crippen molar-refractivity contribution < 1.29 is 19.1 Å². The maximum absolute atomic E-state index is 12.7. The molecule has 0 bridgehead atoms. The highest BCUT2D eigenvalue weighted by atomic mass is 16.6. The number of carbonyl (C=O) groups is 3. The van der Waals surface area contributed by atoms with Gasteiger partial charge in [-0.1, -0.05) is 18.2 Å². The summed E-state index contributed by atoms with van der Waals surface area (Å²) in [6.45, 7) is 6.22. The van der Waals surface area contributed by atoms with E-state index in [0.29, 0.717) is 38.5 Å².